The topological polar surface area (TPSA) is 60.0 Å². The number of benzene rings is 2. The van der Waals surface area contributed by atoms with Crippen LogP contribution in [0.15, 0.2) is 42.5 Å². The number of hydrogen-bond donors (Lipinski definition) is 1. The number of urea groups is 1. The maximum absolute atomic E-state index is 12.5. The van der Waals surface area contributed by atoms with Crippen molar-refractivity contribution >= 4 is 6.03 Å². The van der Waals surface area contributed by atoms with Crippen molar-refractivity contribution in [1.29, 1.82) is 0 Å². The Labute approximate surface area is 167 Å². The number of rotatable bonds is 10. The highest BCUT2D eigenvalue weighted by molar-refractivity contribution is 5.74. The Morgan fingerprint density at radius 1 is 0.964 bits per heavy atom. The molecule has 1 N–H and O–H groups in total. The van der Waals surface area contributed by atoms with Crippen molar-refractivity contribution in [2.75, 3.05) is 33.9 Å². The summed E-state index contributed by atoms with van der Waals surface area (Å²) in [5.74, 6) is 2.22. The average Bonchev–Trinajstić information content (AvgIpc) is 2.72. The van der Waals surface area contributed by atoms with E-state index in [0.29, 0.717) is 44.2 Å². The van der Waals surface area contributed by atoms with Gasteiger partial charge < -0.3 is 24.4 Å². The molecule has 0 aliphatic rings. The first-order chi connectivity index (χ1) is 13.6. The molecule has 0 saturated carbocycles. The average molecular weight is 386 g/mol. The molecule has 0 fully saturated rings. The van der Waals surface area contributed by atoms with Crippen molar-refractivity contribution in [3.05, 3.63) is 53.6 Å². The van der Waals surface area contributed by atoms with E-state index in [9.17, 15) is 4.79 Å². The largest absolute Gasteiger partial charge is 0.494 e. The molecule has 2 aromatic carbocycles. The molecule has 0 bridgehead atoms. The van der Waals surface area contributed by atoms with Gasteiger partial charge in [0, 0.05) is 19.6 Å². The lowest BCUT2D eigenvalue weighted by Gasteiger charge is -2.23. The maximum atomic E-state index is 12.5. The van der Waals surface area contributed by atoms with Crippen LogP contribution in [0.2, 0.25) is 0 Å². The summed E-state index contributed by atoms with van der Waals surface area (Å²) in [5.41, 5.74) is 2.14. The molecule has 2 amide bonds. The molecule has 0 heterocycles. The number of ether oxygens (including phenoxy) is 3. The number of carbonyl (C=O) groups is 1. The molecule has 0 unspecified atom stereocenters. The molecule has 0 spiro atoms. The molecule has 28 heavy (non-hydrogen) atoms. The van der Waals surface area contributed by atoms with Crippen molar-refractivity contribution in [3.8, 4) is 17.2 Å². The second kappa shape index (κ2) is 11.1. The first-order valence-corrected chi connectivity index (χ1v) is 9.56. The number of nitrogens with zero attached hydrogens (tertiary/aromatic N) is 1. The zero-order chi connectivity index (χ0) is 20.4. The van der Waals surface area contributed by atoms with E-state index in [1.54, 1.807) is 14.2 Å². The summed E-state index contributed by atoms with van der Waals surface area (Å²) in [6.07, 6.45) is 0.717. The van der Waals surface area contributed by atoms with E-state index in [1.165, 1.54) is 0 Å². The van der Waals surface area contributed by atoms with E-state index >= 15 is 0 Å². The minimum Gasteiger partial charge on any atom is -0.494 e. The van der Waals surface area contributed by atoms with Gasteiger partial charge in [0.15, 0.2) is 11.5 Å². The van der Waals surface area contributed by atoms with Crippen molar-refractivity contribution in [2.24, 2.45) is 0 Å². The number of amides is 2. The Balaban J connectivity index is 2.07. The normalized spacial score (nSPS) is 10.3. The van der Waals surface area contributed by atoms with Gasteiger partial charge in [0.1, 0.15) is 5.75 Å². The smallest absolute Gasteiger partial charge is 0.317 e. The molecule has 152 valence electrons. The van der Waals surface area contributed by atoms with E-state index in [4.69, 9.17) is 14.2 Å². The molecule has 0 atom stereocenters. The SMILES string of the molecule is CCNC(=O)N(CCc1ccc(OC)c(OC)c1)Cc1ccc(OCC)cc1. The highest BCUT2D eigenvalue weighted by Crippen LogP contribution is 2.27. The minimum atomic E-state index is -0.0724. The fourth-order valence-electron chi connectivity index (χ4n) is 2.89. The van der Waals surface area contributed by atoms with Crippen molar-refractivity contribution < 1.29 is 19.0 Å². The van der Waals surface area contributed by atoms with E-state index in [1.807, 2.05) is 61.2 Å². The Hall–Kier alpha value is -2.89. The van der Waals surface area contributed by atoms with Crippen molar-refractivity contribution in [3.63, 3.8) is 0 Å². The summed E-state index contributed by atoms with van der Waals surface area (Å²) in [6, 6.07) is 13.6. The predicted molar refractivity (Wildman–Crippen MR) is 110 cm³/mol. The van der Waals surface area contributed by atoms with Gasteiger partial charge in [-0.1, -0.05) is 18.2 Å². The summed E-state index contributed by atoms with van der Waals surface area (Å²) in [7, 11) is 3.24. The van der Waals surface area contributed by atoms with Gasteiger partial charge >= 0.3 is 6.03 Å². The van der Waals surface area contributed by atoms with E-state index < -0.39 is 0 Å². The fraction of sp³-hybridized carbons (Fsp3) is 0.409. The molecule has 6 nitrogen and oxygen atoms in total. The van der Waals surface area contributed by atoms with Gasteiger partial charge in [0.2, 0.25) is 0 Å². The minimum absolute atomic E-state index is 0.0724. The number of carbonyl (C=O) groups excluding carboxylic acids is 1. The summed E-state index contributed by atoms with van der Waals surface area (Å²) in [5, 5.41) is 2.89. The van der Waals surface area contributed by atoms with E-state index in [2.05, 4.69) is 5.32 Å². The molecular formula is C22H30N2O4. The third-order valence-electron chi connectivity index (χ3n) is 4.34. The molecule has 0 aliphatic heterocycles. The zero-order valence-electron chi connectivity index (χ0n) is 17.2. The van der Waals surface area contributed by atoms with Crippen LogP contribution < -0.4 is 19.5 Å². The Kier molecular flexibility index (Phi) is 8.46. The van der Waals surface area contributed by atoms with Crippen LogP contribution in [0.4, 0.5) is 4.79 Å². The van der Waals surface area contributed by atoms with E-state index in [0.717, 1.165) is 16.9 Å². The lowest BCUT2D eigenvalue weighted by atomic mass is 10.1. The monoisotopic (exact) mass is 386 g/mol. The van der Waals surface area contributed by atoms with Gasteiger partial charge in [-0.25, -0.2) is 4.79 Å². The third kappa shape index (κ3) is 6.08. The van der Waals surface area contributed by atoms with Crippen LogP contribution in [0.5, 0.6) is 17.2 Å². The Bertz CT molecular complexity index is 747. The first-order valence-electron chi connectivity index (χ1n) is 9.56. The van der Waals surface area contributed by atoms with Crippen LogP contribution in [-0.4, -0.2) is 44.8 Å². The van der Waals surface area contributed by atoms with Crippen LogP contribution in [0, 0.1) is 0 Å². The molecule has 0 aromatic heterocycles. The molecule has 0 radical (unpaired) electrons. The van der Waals surface area contributed by atoms with Crippen LogP contribution in [0.3, 0.4) is 0 Å². The van der Waals surface area contributed by atoms with Gasteiger partial charge in [-0.15, -0.1) is 0 Å². The summed E-state index contributed by atoms with van der Waals surface area (Å²) in [4.78, 5) is 14.3. The number of methoxy groups -OCH3 is 2. The lowest BCUT2D eigenvalue weighted by Crippen LogP contribution is -2.40. The van der Waals surface area contributed by atoms with Crippen molar-refractivity contribution in [1.82, 2.24) is 10.2 Å². The molecular weight excluding hydrogens is 356 g/mol. The predicted octanol–water partition coefficient (Wildman–Crippen LogP) is 3.88. The zero-order valence-corrected chi connectivity index (χ0v) is 17.2. The summed E-state index contributed by atoms with van der Waals surface area (Å²) in [6.45, 7) is 6.23. The van der Waals surface area contributed by atoms with Crippen LogP contribution in [0.1, 0.15) is 25.0 Å². The van der Waals surface area contributed by atoms with Crippen LogP contribution in [-0.2, 0) is 13.0 Å². The first kappa shape index (κ1) is 21.4. The molecule has 0 aliphatic carbocycles. The van der Waals surface area contributed by atoms with Crippen LogP contribution in [0.25, 0.3) is 0 Å². The molecule has 0 saturated heterocycles. The summed E-state index contributed by atoms with van der Waals surface area (Å²) >= 11 is 0. The second-order valence-corrected chi connectivity index (χ2v) is 6.27. The summed E-state index contributed by atoms with van der Waals surface area (Å²) < 4.78 is 16.1. The van der Waals surface area contributed by atoms with Gasteiger partial charge in [0.05, 0.1) is 20.8 Å². The number of hydrogen-bond acceptors (Lipinski definition) is 4. The standard InChI is InChI=1S/C22H30N2O4/c1-5-23-22(25)24(16-18-7-10-19(11-8-18)28-6-2)14-13-17-9-12-20(26-3)21(15-17)27-4/h7-12,15H,5-6,13-14,16H2,1-4H3,(H,23,25). The number of nitrogens with one attached hydrogen (secondary N) is 1. The van der Waals surface area contributed by atoms with Gasteiger partial charge in [-0.05, 0) is 55.7 Å². The highest BCUT2D eigenvalue weighted by atomic mass is 16.5. The van der Waals surface area contributed by atoms with Gasteiger partial charge in [-0.2, -0.15) is 0 Å². The third-order valence-corrected chi connectivity index (χ3v) is 4.34. The molecule has 2 rings (SSSR count). The second-order valence-electron chi connectivity index (χ2n) is 6.27. The van der Waals surface area contributed by atoms with Gasteiger partial charge in [-0.3, -0.25) is 0 Å². The van der Waals surface area contributed by atoms with Gasteiger partial charge in [0.25, 0.3) is 0 Å². The van der Waals surface area contributed by atoms with Crippen molar-refractivity contribution in [2.45, 2.75) is 26.8 Å². The maximum Gasteiger partial charge on any atom is 0.317 e. The molecule has 6 heteroatoms. The Morgan fingerprint density at radius 2 is 1.64 bits per heavy atom. The molecule has 2 aromatic rings. The van der Waals surface area contributed by atoms with E-state index in [-0.39, 0.29) is 6.03 Å². The fourth-order valence-corrected chi connectivity index (χ4v) is 2.89. The quantitative estimate of drug-likeness (QED) is 0.673. The lowest BCUT2D eigenvalue weighted by molar-refractivity contribution is 0.196. The highest BCUT2D eigenvalue weighted by Gasteiger charge is 2.14. The van der Waals surface area contributed by atoms with Crippen LogP contribution >= 0.6 is 0 Å². The Morgan fingerprint density at radius 3 is 2.25 bits per heavy atom.